The highest BCUT2D eigenvalue weighted by molar-refractivity contribution is 5.89. The lowest BCUT2D eigenvalue weighted by Gasteiger charge is -2.33. The highest BCUT2D eigenvalue weighted by Crippen LogP contribution is 2.20. The van der Waals surface area contributed by atoms with Crippen molar-refractivity contribution in [2.45, 2.75) is 52.2 Å². The summed E-state index contributed by atoms with van der Waals surface area (Å²) in [6.07, 6.45) is 2.13. The van der Waals surface area contributed by atoms with Gasteiger partial charge in [0, 0.05) is 25.4 Å². The molecule has 1 atom stereocenters. The minimum absolute atomic E-state index is 0.219. The number of carbonyl (C=O) groups excluding carboxylic acids is 2. The number of hydrogen-bond donors (Lipinski definition) is 0. The maximum absolute atomic E-state index is 12.3. The smallest absolute Gasteiger partial charge is 0.410 e. The van der Waals surface area contributed by atoms with Crippen LogP contribution in [-0.4, -0.2) is 59.5 Å². The van der Waals surface area contributed by atoms with Gasteiger partial charge in [-0.15, -0.1) is 0 Å². The molecule has 1 aliphatic heterocycles. The van der Waals surface area contributed by atoms with Crippen molar-refractivity contribution in [3.05, 3.63) is 47.1 Å². The van der Waals surface area contributed by atoms with Gasteiger partial charge in [-0.1, -0.05) is 17.3 Å². The molecule has 2 aromatic rings. The number of ether oxygens (including phenoxy) is 3. The second kappa shape index (κ2) is 10.6. The van der Waals surface area contributed by atoms with Crippen LogP contribution in [-0.2, 0) is 27.2 Å². The Morgan fingerprint density at radius 3 is 2.66 bits per heavy atom. The van der Waals surface area contributed by atoms with Gasteiger partial charge in [0.15, 0.2) is 5.82 Å². The Hall–Kier alpha value is -2.94. The monoisotopic (exact) mass is 445 g/mol. The van der Waals surface area contributed by atoms with Gasteiger partial charge in [0.2, 0.25) is 0 Å². The molecule has 0 N–H and O–H groups in total. The minimum Gasteiger partial charge on any atom is -0.465 e. The molecular formula is C23H31N3O6. The zero-order valence-corrected chi connectivity index (χ0v) is 19.1. The van der Waals surface area contributed by atoms with E-state index in [1.165, 1.54) is 7.11 Å². The molecule has 1 fully saturated rings. The molecule has 32 heavy (non-hydrogen) atoms. The standard InChI is InChI=1S/C23H31N3O6/c1-23(2,3)31-22(28)26-11-5-6-17(13-26)14-30-15-20-24-19(25-32-20)12-16-7-9-18(10-8-16)21(27)29-4/h7-10,17H,5-6,11-15H2,1-4H3. The Bertz CT molecular complexity index is 903. The molecule has 174 valence electrons. The molecule has 0 bridgehead atoms. The summed E-state index contributed by atoms with van der Waals surface area (Å²) in [5, 5.41) is 3.99. The van der Waals surface area contributed by atoms with E-state index in [0.717, 1.165) is 18.4 Å². The quantitative estimate of drug-likeness (QED) is 0.596. The first-order valence-electron chi connectivity index (χ1n) is 10.8. The Labute approximate surface area is 188 Å². The van der Waals surface area contributed by atoms with Crippen LogP contribution in [0.25, 0.3) is 0 Å². The number of methoxy groups -OCH3 is 1. The van der Waals surface area contributed by atoms with Gasteiger partial charge in [0.1, 0.15) is 12.2 Å². The molecular weight excluding hydrogens is 414 g/mol. The van der Waals surface area contributed by atoms with E-state index in [-0.39, 0.29) is 24.6 Å². The van der Waals surface area contributed by atoms with Crippen molar-refractivity contribution in [1.29, 1.82) is 0 Å². The molecule has 1 aromatic heterocycles. The lowest BCUT2D eigenvalue weighted by Crippen LogP contribution is -2.43. The predicted octanol–water partition coefficient (Wildman–Crippen LogP) is 3.61. The van der Waals surface area contributed by atoms with Crippen LogP contribution >= 0.6 is 0 Å². The van der Waals surface area contributed by atoms with Crippen LogP contribution in [0, 0.1) is 5.92 Å². The van der Waals surface area contributed by atoms with Gasteiger partial charge in [-0.05, 0) is 51.3 Å². The van der Waals surface area contributed by atoms with Crippen LogP contribution in [0.1, 0.15) is 61.2 Å². The Balaban J connectivity index is 1.43. The first kappa shape index (κ1) is 23.7. The number of amides is 1. The van der Waals surface area contributed by atoms with Gasteiger partial charge in [-0.2, -0.15) is 4.98 Å². The van der Waals surface area contributed by atoms with Crippen molar-refractivity contribution in [1.82, 2.24) is 15.0 Å². The second-order valence-electron chi connectivity index (χ2n) is 8.92. The Morgan fingerprint density at radius 2 is 1.97 bits per heavy atom. The third-order valence-corrected chi connectivity index (χ3v) is 5.00. The summed E-state index contributed by atoms with van der Waals surface area (Å²) in [5.41, 5.74) is 0.946. The van der Waals surface area contributed by atoms with E-state index in [4.69, 9.17) is 18.7 Å². The third-order valence-electron chi connectivity index (χ3n) is 5.00. The Morgan fingerprint density at radius 1 is 1.22 bits per heavy atom. The third kappa shape index (κ3) is 7.05. The van der Waals surface area contributed by atoms with Gasteiger partial charge >= 0.3 is 12.1 Å². The number of nitrogens with zero attached hydrogens (tertiary/aromatic N) is 3. The zero-order valence-electron chi connectivity index (χ0n) is 19.1. The van der Waals surface area contributed by atoms with Gasteiger partial charge in [0.25, 0.3) is 5.89 Å². The van der Waals surface area contributed by atoms with E-state index in [9.17, 15) is 9.59 Å². The molecule has 0 saturated carbocycles. The Kier molecular flexibility index (Phi) is 7.84. The molecule has 1 aromatic carbocycles. The second-order valence-corrected chi connectivity index (χ2v) is 8.92. The average Bonchev–Trinajstić information content (AvgIpc) is 3.20. The number of esters is 1. The molecule has 0 aliphatic carbocycles. The lowest BCUT2D eigenvalue weighted by molar-refractivity contribution is 0.00374. The number of aromatic nitrogens is 2. The van der Waals surface area contributed by atoms with Crippen molar-refractivity contribution < 1.29 is 28.3 Å². The molecule has 3 rings (SSSR count). The fraction of sp³-hybridized carbons (Fsp3) is 0.565. The fourth-order valence-electron chi connectivity index (χ4n) is 3.49. The van der Waals surface area contributed by atoms with Crippen LogP contribution in [0.15, 0.2) is 28.8 Å². The van der Waals surface area contributed by atoms with E-state index < -0.39 is 5.60 Å². The molecule has 0 radical (unpaired) electrons. The topological polar surface area (TPSA) is 104 Å². The summed E-state index contributed by atoms with van der Waals surface area (Å²) in [7, 11) is 1.35. The first-order valence-corrected chi connectivity index (χ1v) is 10.8. The van der Waals surface area contributed by atoms with Crippen molar-refractivity contribution in [2.75, 3.05) is 26.8 Å². The van der Waals surface area contributed by atoms with E-state index in [2.05, 4.69) is 10.1 Å². The van der Waals surface area contributed by atoms with Crippen LogP contribution in [0.3, 0.4) is 0 Å². The molecule has 2 heterocycles. The zero-order chi connectivity index (χ0) is 23.1. The number of piperidine rings is 1. The van der Waals surface area contributed by atoms with Gasteiger partial charge in [-0.25, -0.2) is 9.59 Å². The van der Waals surface area contributed by atoms with E-state index >= 15 is 0 Å². The van der Waals surface area contributed by atoms with E-state index in [1.807, 2.05) is 32.9 Å². The molecule has 1 saturated heterocycles. The van der Waals surface area contributed by atoms with Crippen molar-refractivity contribution in [3.8, 4) is 0 Å². The highest BCUT2D eigenvalue weighted by atomic mass is 16.6. The normalized spacial score (nSPS) is 16.6. The summed E-state index contributed by atoms with van der Waals surface area (Å²) < 4.78 is 21.2. The van der Waals surface area contributed by atoms with Crippen molar-refractivity contribution in [3.63, 3.8) is 0 Å². The highest BCUT2D eigenvalue weighted by Gasteiger charge is 2.27. The SMILES string of the molecule is COC(=O)c1ccc(Cc2noc(COCC3CCCN(C(=O)OC(C)(C)C)C3)n2)cc1. The first-order chi connectivity index (χ1) is 15.2. The largest absolute Gasteiger partial charge is 0.465 e. The predicted molar refractivity (Wildman–Crippen MR) is 115 cm³/mol. The van der Waals surface area contributed by atoms with E-state index in [0.29, 0.717) is 43.4 Å². The number of rotatable bonds is 7. The number of hydrogen-bond acceptors (Lipinski definition) is 8. The minimum atomic E-state index is -0.500. The van der Waals surface area contributed by atoms with E-state index in [1.54, 1.807) is 17.0 Å². The fourth-order valence-corrected chi connectivity index (χ4v) is 3.49. The maximum Gasteiger partial charge on any atom is 0.410 e. The maximum atomic E-state index is 12.3. The lowest BCUT2D eigenvalue weighted by atomic mass is 9.99. The van der Waals surface area contributed by atoms with Gasteiger partial charge in [0.05, 0.1) is 19.3 Å². The van der Waals surface area contributed by atoms with Gasteiger partial charge in [-0.3, -0.25) is 0 Å². The number of likely N-dealkylation sites (tertiary alicyclic amines) is 1. The number of benzene rings is 1. The summed E-state index contributed by atoms with van der Waals surface area (Å²) in [5.74, 6) is 0.823. The summed E-state index contributed by atoms with van der Waals surface area (Å²) in [4.78, 5) is 29.9. The molecule has 1 unspecified atom stereocenters. The van der Waals surface area contributed by atoms with Crippen LogP contribution in [0.2, 0.25) is 0 Å². The van der Waals surface area contributed by atoms with Crippen molar-refractivity contribution in [2.24, 2.45) is 5.92 Å². The van der Waals surface area contributed by atoms with Gasteiger partial charge < -0.3 is 23.6 Å². The summed E-state index contributed by atoms with van der Waals surface area (Å²) in [6, 6.07) is 7.07. The van der Waals surface area contributed by atoms with Crippen LogP contribution < -0.4 is 0 Å². The summed E-state index contributed by atoms with van der Waals surface area (Å²) >= 11 is 0. The average molecular weight is 446 g/mol. The van der Waals surface area contributed by atoms with Crippen LogP contribution in [0.5, 0.6) is 0 Å². The summed E-state index contributed by atoms with van der Waals surface area (Å²) in [6.45, 7) is 7.65. The molecule has 1 amide bonds. The number of carbonyl (C=O) groups is 2. The van der Waals surface area contributed by atoms with Crippen molar-refractivity contribution >= 4 is 12.1 Å². The molecule has 9 nitrogen and oxygen atoms in total. The molecule has 1 aliphatic rings. The molecule has 9 heteroatoms. The molecule has 0 spiro atoms. The van der Waals surface area contributed by atoms with Crippen LogP contribution in [0.4, 0.5) is 4.79 Å².